The van der Waals surface area contributed by atoms with Crippen molar-refractivity contribution in [2.75, 3.05) is 0 Å². The first-order valence-corrected chi connectivity index (χ1v) is 6.57. The fourth-order valence-corrected chi connectivity index (χ4v) is 1.57. The van der Waals surface area contributed by atoms with Crippen molar-refractivity contribution in [1.29, 1.82) is 0 Å². The second-order valence-corrected chi connectivity index (χ2v) is 6.45. The van der Waals surface area contributed by atoms with Gasteiger partial charge in [0.15, 0.2) is 0 Å². The average molecular weight is 267 g/mol. The van der Waals surface area contributed by atoms with Crippen LogP contribution >= 0.6 is 0 Å². The van der Waals surface area contributed by atoms with E-state index in [2.05, 4.69) is 31.1 Å². The van der Waals surface area contributed by atoms with E-state index in [1.807, 2.05) is 13.8 Å². The molecule has 1 atom stereocenters. The number of nitrogens with one attached hydrogen (secondary N) is 1. The summed E-state index contributed by atoms with van der Waals surface area (Å²) >= 11 is 0. The van der Waals surface area contributed by atoms with Gasteiger partial charge in [0.05, 0.1) is 17.8 Å². The third-order valence-electron chi connectivity index (χ3n) is 3.59. The van der Waals surface area contributed by atoms with Gasteiger partial charge in [-0.3, -0.25) is 10.1 Å². The van der Waals surface area contributed by atoms with Crippen molar-refractivity contribution < 1.29 is 9.21 Å². The Morgan fingerprint density at radius 1 is 1.42 bits per heavy atom. The SMILES string of the molecule is CC(C)[C@](C)(NCc1nc(C(C)(C)C)co1)C(N)=O. The molecule has 1 amide bonds. The van der Waals surface area contributed by atoms with Crippen LogP contribution in [0.1, 0.15) is 53.1 Å². The number of amides is 1. The van der Waals surface area contributed by atoms with Gasteiger partial charge >= 0.3 is 0 Å². The second kappa shape index (κ2) is 5.33. The Morgan fingerprint density at radius 3 is 2.37 bits per heavy atom. The molecule has 1 aromatic heterocycles. The smallest absolute Gasteiger partial charge is 0.237 e. The molecule has 0 aliphatic heterocycles. The molecule has 1 heterocycles. The zero-order valence-corrected chi connectivity index (χ0v) is 12.7. The Morgan fingerprint density at radius 2 is 2.00 bits per heavy atom. The number of rotatable bonds is 5. The van der Waals surface area contributed by atoms with Gasteiger partial charge in [-0.05, 0) is 12.8 Å². The van der Waals surface area contributed by atoms with E-state index >= 15 is 0 Å². The molecule has 0 saturated heterocycles. The van der Waals surface area contributed by atoms with E-state index in [0.717, 1.165) is 5.69 Å². The molecule has 0 unspecified atom stereocenters. The fraction of sp³-hybridized carbons (Fsp3) is 0.714. The predicted octanol–water partition coefficient (Wildman–Crippen LogP) is 1.96. The van der Waals surface area contributed by atoms with Crippen LogP contribution in [0.15, 0.2) is 10.7 Å². The number of nitrogens with zero attached hydrogens (tertiary/aromatic N) is 1. The summed E-state index contributed by atoms with van der Waals surface area (Å²) in [6, 6.07) is 0. The third-order valence-corrected chi connectivity index (χ3v) is 3.59. The maximum Gasteiger partial charge on any atom is 0.237 e. The van der Waals surface area contributed by atoms with E-state index in [9.17, 15) is 4.79 Å². The third kappa shape index (κ3) is 3.56. The lowest BCUT2D eigenvalue weighted by molar-refractivity contribution is -0.125. The van der Waals surface area contributed by atoms with Crippen LogP contribution in [0.5, 0.6) is 0 Å². The molecule has 1 aromatic rings. The van der Waals surface area contributed by atoms with E-state index in [1.165, 1.54) is 0 Å². The van der Waals surface area contributed by atoms with Crippen molar-refractivity contribution in [2.45, 2.75) is 59.0 Å². The number of hydrogen-bond acceptors (Lipinski definition) is 4. The summed E-state index contributed by atoms with van der Waals surface area (Å²) in [4.78, 5) is 16.0. The molecule has 1 rings (SSSR count). The number of nitrogens with two attached hydrogens (primary N) is 1. The molecule has 0 bridgehead atoms. The monoisotopic (exact) mass is 267 g/mol. The summed E-state index contributed by atoms with van der Waals surface area (Å²) in [7, 11) is 0. The van der Waals surface area contributed by atoms with Crippen molar-refractivity contribution in [1.82, 2.24) is 10.3 Å². The number of carbonyl (C=O) groups is 1. The minimum Gasteiger partial charge on any atom is -0.447 e. The number of oxazole rings is 1. The van der Waals surface area contributed by atoms with Crippen LogP contribution in [0.2, 0.25) is 0 Å². The van der Waals surface area contributed by atoms with E-state index in [1.54, 1.807) is 13.2 Å². The average Bonchev–Trinajstić information content (AvgIpc) is 2.73. The molecule has 0 aliphatic rings. The van der Waals surface area contributed by atoms with Crippen molar-refractivity contribution in [3.8, 4) is 0 Å². The molecule has 19 heavy (non-hydrogen) atoms. The zero-order valence-electron chi connectivity index (χ0n) is 12.7. The van der Waals surface area contributed by atoms with Gasteiger partial charge < -0.3 is 10.2 Å². The van der Waals surface area contributed by atoms with Crippen molar-refractivity contribution >= 4 is 5.91 Å². The van der Waals surface area contributed by atoms with Crippen LogP contribution < -0.4 is 11.1 Å². The topological polar surface area (TPSA) is 81.2 Å². The van der Waals surface area contributed by atoms with Gasteiger partial charge in [0.2, 0.25) is 11.8 Å². The minimum atomic E-state index is -0.767. The number of hydrogen-bond donors (Lipinski definition) is 2. The molecule has 5 nitrogen and oxygen atoms in total. The highest BCUT2D eigenvalue weighted by Gasteiger charge is 2.34. The largest absolute Gasteiger partial charge is 0.447 e. The molecule has 0 aliphatic carbocycles. The number of primary amides is 1. The summed E-state index contributed by atoms with van der Waals surface area (Å²) in [6.45, 7) is 12.3. The first kappa shape index (κ1) is 15.7. The molecule has 0 spiro atoms. The van der Waals surface area contributed by atoms with E-state index < -0.39 is 5.54 Å². The zero-order chi connectivity index (χ0) is 14.8. The van der Waals surface area contributed by atoms with Gasteiger partial charge in [0, 0.05) is 5.41 Å². The molecule has 108 valence electrons. The highest BCUT2D eigenvalue weighted by atomic mass is 16.3. The highest BCUT2D eigenvalue weighted by molar-refractivity contribution is 5.84. The number of aromatic nitrogens is 1. The van der Waals surface area contributed by atoms with E-state index in [0.29, 0.717) is 12.4 Å². The van der Waals surface area contributed by atoms with Gasteiger partial charge in [-0.15, -0.1) is 0 Å². The quantitative estimate of drug-likeness (QED) is 0.854. The molecule has 5 heteroatoms. The summed E-state index contributed by atoms with van der Waals surface area (Å²) < 4.78 is 5.42. The molecule has 3 N–H and O–H groups in total. The van der Waals surface area contributed by atoms with E-state index in [-0.39, 0.29) is 17.2 Å². The molecule has 0 fully saturated rings. The minimum absolute atomic E-state index is 0.0488. The Balaban J connectivity index is 2.76. The Kier molecular flexibility index (Phi) is 4.40. The first-order valence-electron chi connectivity index (χ1n) is 6.57. The van der Waals surface area contributed by atoms with Gasteiger partial charge in [0.25, 0.3) is 0 Å². The van der Waals surface area contributed by atoms with Gasteiger partial charge in [-0.25, -0.2) is 4.98 Å². The van der Waals surface area contributed by atoms with Crippen LogP contribution in [0, 0.1) is 5.92 Å². The fourth-order valence-electron chi connectivity index (χ4n) is 1.57. The lowest BCUT2D eigenvalue weighted by Gasteiger charge is -2.31. The van der Waals surface area contributed by atoms with Gasteiger partial charge in [0.1, 0.15) is 6.26 Å². The summed E-state index contributed by atoms with van der Waals surface area (Å²) in [5, 5.41) is 3.15. The summed E-state index contributed by atoms with van der Waals surface area (Å²) in [6.07, 6.45) is 1.66. The Labute approximate surface area is 115 Å². The molecule has 0 radical (unpaired) electrons. The van der Waals surface area contributed by atoms with Crippen LogP contribution in [-0.2, 0) is 16.8 Å². The standard InChI is InChI=1S/C14H25N3O2/c1-9(2)14(6,12(15)18)16-7-11-17-10(8-19-11)13(3,4)5/h8-9,16H,7H2,1-6H3,(H2,15,18)/t14-/m0/s1. The summed E-state index contributed by atoms with van der Waals surface area (Å²) in [5.41, 5.74) is 5.54. The lowest BCUT2D eigenvalue weighted by Crippen LogP contribution is -2.56. The van der Waals surface area contributed by atoms with E-state index in [4.69, 9.17) is 10.2 Å². The summed E-state index contributed by atoms with van der Waals surface area (Å²) in [5.74, 6) is 0.283. The van der Waals surface area contributed by atoms with Crippen molar-refractivity contribution in [3.05, 3.63) is 17.8 Å². The number of carbonyl (C=O) groups excluding carboxylic acids is 1. The first-order chi connectivity index (χ1) is 8.57. The van der Waals surface area contributed by atoms with Crippen LogP contribution in [0.4, 0.5) is 0 Å². The highest BCUT2D eigenvalue weighted by Crippen LogP contribution is 2.22. The maximum atomic E-state index is 11.6. The molecule has 0 saturated carbocycles. The lowest BCUT2D eigenvalue weighted by atomic mass is 9.88. The van der Waals surface area contributed by atoms with Gasteiger partial charge in [-0.2, -0.15) is 0 Å². The maximum absolute atomic E-state index is 11.6. The normalized spacial score (nSPS) is 15.5. The van der Waals surface area contributed by atoms with Crippen LogP contribution in [-0.4, -0.2) is 16.4 Å². The van der Waals surface area contributed by atoms with Crippen LogP contribution in [0.3, 0.4) is 0 Å². The van der Waals surface area contributed by atoms with Gasteiger partial charge in [-0.1, -0.05) is 34.6 Å². The Hall–Kier alpha value is -1.36. The molecular formula is C14H25N3O2. The Bertz CT molecular complexity index is 446. The predicted molar refractivity (Wildman–Crippen MR) is 74.5 cm³/mol. The molecule has 0 aromatic carbocycles. The van der Waals surface area contributed by atoms with Crippen molar-refractivity contribution in [3.63, 3.8) is 0 Å². The molecular weight excluding hydrogens is 242 g/mol. The van der Waals surface area contributed by atoms with Crippen molar-refractivity contribution in [2.24, 2.45) is 11.7 Å². The van der Waals surface area contributed by atoms with Crippen LogP contribution in [0.25, 0.3) is 0 Å². The second-order valence-electron chi connectivity index (χ2n) is 6.45.